The van der Waals surface area contributed by atoms with Gasteiger partial charge in [0.15, 0.2) is 0 Å². The molecular weight excluding hydrogens is 330 g/mol. The predicted molar refractivity (Wildman–Crippen MR) is 102 cm³/mol. The second-order valence-corrected chi connectivity index (χ2v) is 8.64. The summed E-state index contributed by atoms with van der Waals surface area (Å²) in [5.41, 5.74) is 2.97. The normalized spacial score (nSPS) is 24.4. The number of carbonyl (C=O) groups excluding carboxylic acids is 1. The van der Waals surface area contributed by atoms with Gasteiger partial charge in [-0.15, -0.1) is 11.8 Å². The molecular formula is C21H21NO2S. The van der Waals surface area contributed by atoms with Crippen molar-refractivity contribution in [1.82, 2.24) is 0 Å². The number of nitrogens with one attached hydrogen (secondary N) is 1. The number of hydrogen-bond acceptors (Lipinski definition) is 4. The summed E-state index contributed by atoms with van der Waals surface area (Å²) in [6.45, 7) is 4.21. The number of fused-ring (bicyclic) bond motifs is 2. The van der Waals surface area contributed by atoms with E-state index in [0.29, 0.717) is 6.42 Å². The maximum atomic E-state index is 13.1. The quantitative estimate of drug-likeness (QED) is 0.746. The molecule has 4 heteroatoms. The highest BCUT2D eigenvalue weighted by molar-refractivity contribution is 7.99. The van der Waals surface area contributed by atoms with Crippen LogP contribution in [0.2, 0.25) is 0 Å². The lowest BCUT2D eigenvalue weighted by atomic mass is 9.74. The molecule has 2 atom stereocenters. The lowest BCUT2D eigenvalue weighted by molar-refractivity contribution is -0.123. The molecule has 0 amide bonds. The zero-order valence-electron chi connectivity index (χ0n) is 14.3. The molecule has 0 saturated carbocycles. The fourth-order valence-electron chi connectivity index (χ4n) is 3.70. The highest BCUT2D eigenvalue weighted by Crippen LogP contribution is 2.52. The number of ketones is 1. The summed E-state index contributed by atoms with van der Waals surface area (Å²) in [6, 6.07) is 15.4. The molecule has 0 fully saturated rings. The van der Waals surface area contributed by atoms with Gasteiger partial charge in [-0.1, -0.05) is 44.2 Å². The van der Waals surface area contributed by atoms with E-state index in [4.69, 9.17) is 0 Å². The Hall–Kier alpha value is -2.20. The van der Waals surface area contributed by atoms with Gasteiger partial charge in [0, 0.05) is 22.3 Å². The van der Waals surface area contributed by atoms with Crippen LogP contribution < -0.4 is 5.32 Å². The molecule has 1 aliphatic heterocycles. The predicted octanol–water partition coefficient (Wildman–Crippen LogP) is 5.15. The zero-order chi connectivity index (χ0) is 17.6. The van der Waals surface area contributed by atoms with Crippen molar-refractivity contribution < 1.29 is 9.90 Å². The molecule has 0 aromatic heterocycles. The zero-order valence-corrected chi connectivity index (χ0v) is 15.1. The van der Waals surface area contributed by atoms with E-state index in [0.717, 1.165) is 21.8 Å². The van der Waals surface area contributed by atoms with E-state index in [-0.39, 0.29) is 28.1 Å². The Labute approximate surface area is 152 Å². The van der Waals surface area contributed by atoms with Gasteiger partial charge in [0.2, 0.25) is 0 Å². The fraction of sp³-hybridized carbons (Fsp3) is 0.286. The number of aromatic hydroxyl groups is 1. The molecule has 128 valence electrons. The van der Waals surface area contributed by atoms with Crippen LogP contribution in [-0.2, 0) is 4.79 Å². The molecule has 1 heterocycles. The summed E-state index contributed by atoms with van der Waals surface area (Å²) in [4.78, 5) is 14.2. The second kappa shape index (κ2) is 5.95. The number of thioether (sulfide) groups is 1. The van der Waals surface area contributed by atoms with Crippen LogP contribution in [0, 0.1) is 11.3 Å². The lowest BCUT2D eigenvalue weighted by Crippen LogP contribution is -2.34. The van der Waals surface area contributed by atoms with Crippen LogP contribution in [0.15, 0.2) is 65.2 Å². The fourth-order valence-corrected chi connectivity index (χ4v) is 5.10. The Morgan fingerprint density at radius 3 is 2.60 bits per heavy atom. The van der Waals surface area contributed by atoms with Crippen molar-refractivity contribution in [2.45, 2.75) is 30.4 Å². The van der Waals surface area contributed by atoms with Gasteiger partial charge in [-0.2, -0.15) is 0 Å². The highest BCUT2D eigenvalue weighted by atomic mass is 32.2. The molecule has 0 unspecified atom stereocenters. The number of phenolic OH excluding ortho intramolecular Hbond substituents is 1. The Bertz CT molecular complexity index is 854. The van der Waals surface area contributed by atoms with Gasteiger partial charge in [0.1, 0.15) is 11.5 Å². The third kappa shape index (κ3) is 3.07. The van der Waals surface area contributed by atoms with Gasteiger partial charge in [0.05, 0.1) is 11.6 Å². The first-order chi connectivity index (χ1) is 11.9. The molecule has 0 radical (unpaired) electrons. The Kier molecular flexibility index (Phi) is 3.88. The van der Waals surface area contributed by atoms with Crippen molar-refractivity contribution in [3.63, 3.8) is 0 Å². The van der Waals surface area contributed by atoms with E-state index in [9.17, 15) is 9.90 Å². The second-order valence-electron chi connectivity index (χ2n) is 7.46. The van der Waals surface area contributed by atoms with Crippen LogP contribution in [0.5, 0.6) is 5.75 Å². The highest BCUT2D eigenvalue weighted by Gasteiger charge is 2.42. The van der Waals surface area contributed by atoms with Crippen molar-refractivity contribution in [2.75, 3.05) is 5.32 Å². The number of anilines is 1. The SMILES string of the molecule is CC1(C)C=C2Nc3ccccc3S[C@H](c3ccc(O)cc3)[C@H]2C(=O)C1. The third-order valence-corrected chi connectivity index (χ3v) is 6.21. The molecule has 25 heavy (non-hydrogen) atoms. The van der Waals surface area contributed by atoms with E-state index in [1.807, 2.05) is 24.3 Å². The maximum absolute atomic E-state index is 13.1. The number of allylic oxidation sites excluding steroid dienone is 2. The van der Waals surface area contributed by atoms with Crippen LogP contribution in [0.25, 0.3) is 0 Å². The van der Waals surface area contributed by atoms with Crippen LogP contribution in [0.4, 0.5) is 5.69 Å². The van der Waals surface area contributed by atoms with Crippen molar-refractivity contribution in [2.24, 2.45) is 11.3 Å². The van der Waals surface area contributed by atoms with Crippen LogP contribution >= 0.6 is 11.8 Å². The molecule has 2 N–H and O–H groups in total. The third-order valence-electron chi connectivity index (χ3n) is 4.80. The Morgan fingerprint density at radius 2 is 1.84 bits per heavy atom. The number of Topliss-reactive ketones (excluding diaryl/α,β-unsaturated/α-hetero) is 1. The minimum atomic E-state index is -0.199. The lowest BCUT2D eigenvalue weighted by Gasteiger charge is -2.35. The molecule has 0 saturated heterocycles. The summed E-state index contributed by atoms with van der Waals surface area (Å²) >= 11 is 1.72. The molecule has 0 bridgehead atoms. The minimum Gasteiger partial charge on any atom is -0.508 e. The van der Waals surface area contributed by atoms with Gasteiger partial charge in [-0.3, -0.25) is 4.79 Å². The first kappa shape index (κ1) is 16.3. The number of hydrogen-bond donors (Lipinski definition) is 2. The summed E-state index contributed by atoms with van der Waals surface area (Å²) in [7, 11) is 0. The molecule has 4 rings (SSSR count). The molecule has 2 aromatic rings. The topological polar surface area (TPSA) is 49.3 Å². The smallest absolute Gasteiger partial charge is 0.144 e. The first-order valence-electron chi connectivity index (χ1n) is 8.50. The van der Waals surface area contributed by atoms with Crippen LogP contribution in [-0.4, -0.2) is 10.9 Å². The van der Waals surface area contributed by atoms with Crippen molar-refractivity contribution >= 4 is 23.2 Å². The van der Waals surface area contributed by atoms with Gasteiger partial charge in [-0.05, 0) is 35.2 Å². The molecule has 1 aliphatic carbocycles. The molecule has 0 spiro atoms. The number of benzene rings is 2. The number of phenols is 1. The van der Waals surface area contributed by atoms with Gasteiger partial charge >= 0.3 is 0 Å². The molecule has 2 aromatic carbocycles. The van der Waals surface area contributed by atoms with Crippen LogP contribution in [0.3, 0.4) is 0 Å². The molecule has 2 aliphatic rings. The number of para-hydroxylation sites is 1. The van der Waals surface area contributed by atoms with E-state index in [1.54, 1.807) is 23.9 Å². The van der Waals surface area contributed by atoms with Gasteiger partial charge in [-0.25, -0.2) is 0 Å². The van der Waals surface area contributed by atoms with Gasteiger partial charge < -0.3 is 10.4 Å². The summed E-state index contributed by atoms with van der Waals surface area (Å²) in [5.74, 6) is 0.316. The van der Waals surface area contributed by atoms with E-state index in [1.165, 1.54) is 0 Å². The monoisotopic (exact) mass is 351 g/mol. The minimum absolute atomic E-state index is 0.00778. The van der Waals surface area contributed by atoms with Gasteiger partial charge in [0.25, 0.3) is 0 Å². The average Bonchev–Trinajstić information content (AvgIpc) is 2.70. The van der Waals surface area contributed by atoms with Crippen molar-refractivity contribution in [3.8, 4) is 5.75 Å². The first-order valence-corrected chi connectivity index (χ1v) is 9.38. The Balaban J connectivity index is 1.87. The van der Waals surface area contributed by atoms with E-state index >= 15 is 0 Å². The largest absolute Gasteiger partial charge is 0.508 e. The van der Waals surface area contributed by atoms with E-state index < -0.39 is 0 Å². The van der Waals surface area contributed by atoms with Crippen LogP contribution in [0.1, 0.15) is 31.1 Å². The van der Waals surface area contributed by atoms with E-state index in [2.05, 4.69) is 37.4 Å². The van der Waals surface area contributed by atoms with Crippen molar-refractivity contribution in [1.29, 1.82) is 0 Å². The maximum Gasteiger partial charge on any atom is 0.144 e. The number of rotatable bonds is 1. The summed E-state index contributed by atoms with van der Waals surface area (Å²) in [5, 5.41) is 13.1. The summed E-state index contributed by atoms with van der Waals surface area (Å²) < 4.78 is 0. The number of carbonyl (C=O) groups is 1. The summed E-state index contributed by atoms with van der Waals surface area (Å²) in [6.07, 6.45) is 2.77. The Morgan fingerprint density at radius 1 is 1.12 bits per heavy atom. The van der Waals surface area contributed by atoms with Crippen molar-refractivity contribution in [3.05, 3.63) is 65.9 Å². The standard InChI is InChI=1S/C21H21NO2S/c1-21(2)11-16-19(17(24)12-21)20(13-7-9-14(23)10-8-13)25-18-6-4-3-5-15(18)22-16/h3-11,19-20,22-23H,12H2,1-2H3/t19-,20-/m1/s1. The average molecular weight is 351 g/mol. The molecule has 3 nitrogen and oxygen atoms in total.